The van der Waals surface area contributed by atoms with Gasteiger partial charge in [0.05, 0.1) is 0 Å². The topological polar surface area (TPSA) is 38.7 Å². The van der Waals surface area contributed by atoms with Crippen LogP contribution in [0.4, 0.5) is 0 Å². The van der Waals surface area contributed by atoms with E-state index in [1.807, 2.05) is 117 Å². The Bertz CT molecular complexity index is 2450. The van der Waals surface area contributed by atoms with Crippen LogP contribution in [-0.4, -0.2) is 15.0 Å². The van der Waals surface area contributed by atoms with Gasteiger partial charge in [-0.05, 0) is 87.6 Å². The molecule has 0 aliphatic heterocycles. The molecule has 50 heavy (non-hydrogen) atoms. The molecule has 3 nitrogen and oxygen atoms in total. The first-order valence-corrected chi connectivity index (χ1v) is 17.3. The van der Waals surface area contributed by atoms with Gasteiger partial charge in [-0.15, -0.1) is 0 Å². The van der Waals surface area contributed by atoms with E-state index in [0.29, 0.717) is 17.5 Å². The second kappa shape index (κ2) is 12.0. The largest absolute Gasteiger partial charge is 0.208 e. The highest BCUT2D eigenvalue weighted by molar-refractivity contribution is 5.85. The first kappa shape index (κ1) is 26.2. The third kappa shape index (κ3) is 5.34. The Balaban J connectivity index is 1.09. The van der Waals surface area contributed by atoms with E-state index in [0.717, 1.165) is 61.2 Å². The van der Waals surface area contributed by atoms with Gasteiger partial charge in [-0.2, -0.15) is 0 Å². The molecule has 9 rings (SSSR count). The van der Waals surface area contributed by atoms with Crippen LogP contribution in [0.3, 0.4) is 0 Å². The molecule has 0 amide bonds. The van der Waals surface area contributed by atoms with Crippen molar-refractivity contribution in [2.75, 3.05) is 0 Å². The van der Waals surface area contributed by atoms with Crippen LogP contribution >= 0.6 is 0 Å². The summed E-state index contributed by atoms with van der Waals surface area (Å²) in [6, 6.07) is 50.6. The molecule has 3 heteroatoms. The standard InChI is InChI=1S/C47H39N3/c1-46(2)26-28-47(29-27-46)41-19-10-9-18-39(41)40-25-24-38(31-42(40)47)37-17-11-16-36(30-37)32-20-22-35(23-21-32)45-49-43(33-12-5-3-6-13-33)48-44(50-45)34-14-7-4-8-15-34/h3-25,30-31H,26-29H2,1-2H3/i28D2,29D2. The molecule has 0 N–H and O–H groups in total. The van der Waals surface area contributed by atoms with E-state index in [1.165, 1.54) is 0 Å². The Morgan fingerprint density at radius 1 is 0.420 bits per heavy atom. The van der Waals surface area contributed by atoms with Crippen LogP contribution in [0.5, 0.6) is 0 Å². The smallest absolute Gasteiger partial charge is 0.164 e. The molecule has 6 aromatic carbocycles. The maximum atomic E-state index is 9.57. The summed E-state index contributed by atoms with van der Waals surface area (Å²) < 4.78 is 38.3. The summed E-state index contributed by atoms with van der Waals surface area (Å²) in [4.78, 5) is 14.6. The number of aromatic nitrogens is 3. The van der Waals surface area contributed by atoms with Gasteiger partial charge in [0, 0.05) is 27.6 Å². The van der Waals surface area contributed by atoms with Gasteiger partial charge < -0.3 is 0 Å². The van der Waals surface area contributed by atoms with Gasteiger partial charge in [0.25, 0.3) is 0 Å². The molecule has 7 aromatic rings. The van der Waals surface area contributed by atoms with Crippen molar-refractivity contribution in [3.63, 3.8) is 0 Å². The quantitative estimate of drug-likeness (QED) is 0.186. The van der Waals surface area contributed by atoms with Gasteiger partial charge in [-0.1, -0.05) is 153 Å². The van der Waals surface area contributed by atoms with E-state index in [-0.39, 0.29) is 12.8 Å². The molecule has 1 spiro atoms. The maximum Gasteiger partial charge on any atom is 0.164 e. The minimum Gasteiger partial charge on any atom is -0.208 e. The lowest BCUT2D eigenvalue weighted by atomic mass is 9.61. The summed E-state index contributed by atoms with van der Waals surface area (Å²) in [6.45, 7) is 3.97. The van der Waals surface area contributed by atoms with E-state index in [2.05, 4.69) is 48.5 Å². The highest BCUT2D eigenvalue weighted by Gasteiger charge is 2.46. The fourth-order valence-electron chi connectivity index (χ4n) is 7.34. The van der Waals surface area contributed by atoms with Crippen LogP contribution in [-0.2, 0) is 5.41 Å². The molecule has 1 heterocycles. The van der Waals surface area contributed by atoms with Gasteiger partial charge in [-0.25, -0.2) is 15.0 Å². The zero-order valence-electron chi connectivity index (χ0n) is 32.2. The van der Waals surface area contributed by atoms with Crippen molar-refractivity contribution in [2.45, 2.75) is 44.8 Å². The summed E-state index contributed by atoms with van der Waals surface area (Å²) in [7, 11) is 0. The molecular weight excluding hydrogens is 607 g/mol. The molecule has 2 aliphatic rings. The van der Waals surface area contributed by atoms with Crippen LogP contribution in [0.25, 0.3) is 67.5 Å². The average molecular weight is 650 g/mol. The lowest BCUT2D eigenvalue weighted by Gasteiger charge is -2.43. The Morgan fingerprint density at radius 2 is 0.860 bits per heavy atom. The molecular formula is C47H39N3. The highest BCUT2D eigenvalue weighted by Crippen LogP contribution is 2.58. The van der Waals surface area contributed by atoms with Crippen LogP contribution in [0.2, 0.25) is 0 Å². The molecule has 242 valence electrons. The van der Waals surface area contributed by atoms with Crippen LogP contribution in [0, 0.1) is 5.41 Å². The van der Waals surface area contributed by atoms with Gasteiger partial charge in [0.15, 0.2) is 17.5 Å². The van der Waals surface area contributed by atoms with Crippen molar-refractivity contribution in [1.82, 2.24) is 15.0 Å². The van der Waals surface area contributed by atoms with Crippen molar-refractivity contribution in [1.29, 1.82) is 0 Å². The van der Waals surface area contributed by atoms with E-state index in [1.54, 1.807) is 0 Å². The van der Waals surface area contributed by atoms with Gasteiger partial charge in [-0.3, -0.25) is 0 Å². The number of nitrogens with zero attached hydrogens (tertiary/aromatic N) is 3. The zero-order valence-corrected chi connectivity index (χ0v) is 28.2. The van der Waals surface area contributed by atoms with Crippen molar-refractivity contribution in [2.24, 2.45) is 5.41 Å². The summed E-state index contributed by atoms with van der Waals surface area (Å²) in [6.07, 6.45) is -3.09. The van der Waals surface area contributed by atoms with Gasteiger partial charge >= 0.3 is 0 Å². The van der Waals surface area contributed by atoms with E-state index in [4.69, 9.17) is 15.0 Å². The Hall–Kier alpha value is -5.67. The summed E-state index contributed by atoms with van der Waals surface area (Å²) >= 11 is 0. The zero-order chi connectivity index (χ0) is 37.3. The van der Waals surface area contributed by atoms with Crippen molar-refractivity contribution in [3.8, 4) is 67.5 Å². The third-order valence-electron chi connectivity index (χ3n) is 10.1. The number of fused-ring (bicyclic) bond motifs is 5. The second-order valence-electron chi connectivity index (χ2n) is 14.1. The highest BCUT2D eigenvalue weighted by atomic mass is 15.0. The Labute approximate surface area is 300 Å². The fraction of sp³-hybridized carbons (Fsp3) is 0.170. The fourth-order valence-corrected chi connectivity index (χ4v) is 7.34. The minimum atomic E-state index is -1.82. The Kier molecular flexibility index (Phi) is 6.31. The first-order chi connectivity index (χ1) is 26.0. The van der Waals surface area contributed by atoms with Crippen LogP contribution < -0.4 is 0 Å². The second-order valence-corrected chi connectivity index (χ2v) is 14.1. The van der Waals surface area contributed by atoms with Crippen LogP contribution in [0.15, 0.2) is 152 Å². The molecule has 1 aromatic heterocycles. The number of hydrogen-bond acceptors (Lipinski definition) is 3. The number of rotatable bonds is 5. The van der Waals surface area contributed by atoms with Gasteiger partial charge in [0.2, 0.25) is 0 Å². The molecule has 1 saturated carbocycles. The molecule has 0 unspecified atom stereocenters. The normalized spacial score (nSPS) is 18.6. The predicted molar refractivity (Wildman–Crippen MR) is 205 cm³/mol. The summed E-state index contributed by atoms with van der Waals surface area (Å²) in [5.41, 5.74) is 8.14. The van der Waals surface area contributed by atoms with Gasteiger partial charge in [0.1, 0.15) is 0 Å². The van der Waals surface area contributed by atoms with E-state index < -0.39 is 23.6 Å². The van der Waals surface area contributed by atoms with Crippen molar-refractivity contribution in [3.05, 3.63) is 163 Å². The Morgan fingerprint density at radius 3 is 1.48 bits per heavy atom. The SMILES string of the molecule is [2H]C1([2H])CC(C)(C)CC([2H])([2H])C12c1ccccc1-c1ccc(-c3cccc(-c4ccc(-c5nc(-c6ccccc6)nc(-c6ccccc6)n5)cc4)c3)cc12. The minimum absolute atomic E-state index is 0.272. The lowest BCUT2D eigenvalue weighted by molar-refractivity contribution is 0.188. The maximum absolute atomic E-state index is 9.57. The van der Waals surface area contributed by atoms with Crippen LogP contribution in [0.1, 0.15) is 56.0 Å². The van der Waals surface area contributed by atoms with E-state index >= 15 is 0 Å². The molecule has 1 fully saturated rings. The monoisotopic (exact) mass is 649 g/mol. The number of benzene rings is 6. The third-order valence-corrected chi connectivity index (χ3v) is 10.1. The van der Waals surface area contributed by atoms with Crippen molar-refractivity contribution >= 4 is 0 Å². The number of hydrogen-bond donors (Lipinski definition) is 0. The lowest BCUT2D eigenvalue weighted by Crippen LogP contribution is -2.34. The summed E-state index contributed by atoms with van der Waals surface area (Å²) in [5, 5.41) is 0. The molecule has 0 saturated heterocycles. The first-order valence-electron chi connectivity index (χ1n) is 19.3. The molecule has 0 bridgehead atoms. The summed E-state index contributed by atoms with van der Waals surface area (Å²) in [5.74, 6) is 1.84. The van der Waals surface area contributed by atoms with E-state index in [9.17, 15) is 5.48 Å². The molecule has 0 radical (unpaired) electrons. The predicted octanol–water partition coefficient (Wildman–Crippen LogP) is 12.1. The molecule has 0 atom stereocenters. The molecule has 2 aliphatic carbocycles. The van der Waals surface area contributed by atoms with Crippen molar-refractivity contribution < 1.29 is 5.48 Å². The average Bonchev–Trinajstić information content (AvgIpc) is 3.49.